The van der Waals surface area contributed by atoms with Gasteiger partial charge < -0.3 is 4.57 Å². The first-order chi connectivity index (χ1) is 10.4. The number of thiophene rings is 1. The number of pyridine rings is 1. The molecule has 3 heterocycles. The SMILES string of the molecule is c1csc(C(c2nccc3ccccc23)n2ccnc2)c1. The van der Waals surface area contributed by atoms with Crippen LogP contribution in [0.1, 0.15) is 16.6 Å². The lowest BCUT2D eigenvalue weighted by Gasteiger charge is -2.18. The summed E-state index contributed by atoms with van der Waals surface area (Å²) in [6.45, 7) is 0. The third kappa shape index (κ3) is 2.14. The quantitative estimate of drug-likeness (QED) is 0.568. The molecule has 0 saturated carbocycles. The fourth-order valence-electron chi connectivity index (χ4n) is 2.65. The van der Waals surface area contributed by atoms with Gasteiger partial charge in [-0.25, -0.2) is 4.98 Å². The molecule has 0 aliphatic heterocycles. The summed E-state index contributed by atoms with van der Waals surface area (Å²) in [5, 5.41) is 4.50. The Hall–Kier alpha value is -2.46. The first kappa shape index (κ1) is 12.3. The Balaban J connectivity index is 1.98. The molecule has 21 heavy (non-hydrogen) atoms. The van der Waals surface area contributed by atoms with Gasteiger partial charge in [-0.3, -0.25) is 4.98 Å². The van der Waals surface area contributed by atoms with Crippen molar-refractivity contribution in [3.63, 3.8) is 0 Å². The van der Waals surface area contributed by atoms with Gasteiger partial charge in [-0.05, 0) is 22.9 Å². The first-order valence-corrected chi connectivity index (χ1v) is 7.66. The molecule has 1 unspecified atom stereocenters. The van der Waals surface area contributed by atoms with Gasteiger partial charge in [0, 0.05) is 28.9 Å². The molecule has 4 aromatic rings. The van der Waals surface area contributed by atoms with E-state index in [4.69, 9.17) is 0 Å². The van der Waals surface area contributed by atoms with Crippen molar-refractivity contribution in [1.82, 2.24) is 14.5 Å². The Bertz CT molecular complexity index is 811. The van der Waals surface area contributed by atoms with Crippen LogP contribution in [-0.4, -0.2) is 14.5 Å². The van der Waals surface area contributed by atoms with Crippen LogP contribution in [0.5, 0.6) is 0 Å². The molecular weight excluding hydrogens is 278 g/mol. The largest absolute Gasteiger partial charge is 0.323 e. The summed E-state index contributed by atoms with van der Waals surface area (Å²) in [7, 11) is 0. The summed E-state index contributed by atoms with van der Waals surface area (Å²) in [5.74, 6) is 0. The highest BCUT2D eigenvalue weighted by Crippen LogP contribution is 2.32. The van der Waals surface area contributed by atoms with Crippen molar-refractivity contribution in [3.8, 4) is 0 Å². The van der Waals surface area contributed by atoms with Crippen LogP contribution in [0.3, 0.4) is 0 Å². The number of rotatable bonds is 3. The highest BCUT2D eigenvalue weighted by atomic mass is 32.1. The Morgan fingerprint density at radius 2 is 1.95 bits per heavy atom. The molecule has 0 N–H and O–H groups in total. The van der Waals surface area contributed by atoms with Gasteiger partial charge in [0.25, 0.3) is 0 Å². The smallest absolute Gasteiger partial charge is 0.112 e. The molecule has 0 bridgehead atoms. The van der Waals surface area contributed by atoms with E-state index in [2.05, 4.69) is 62.4 Å². The summed E-state index contributed by atoms with van der Waals surface area (Å²) in [4.78, 5) is 10.1. The zero-order chi connectivity index (χ0) is 14.1. The van der Waals surface area contributed by atoms with Crippen LogP contribution in [0.15, 0.2) is 72.8 Å². The fraction of sp³-hybridized carbons (Fsp3) is 0.0588. The number of fused-ring (bicyclic) bond motifs is 1. The molecule has 0 aliphatic carbocycles. The molecule has 0 saturated heterocycles. The zero-order valence-electron chi connectivity index (χ0n) is 11.3. The molecule has 4 heteroatoms. The lowest BCUT2D eigenvalue weighted by molar-refractivity contribution is 0.674. The maximum absolute atomic E-state index is 4.68. The first-order valence-electron chi connectivity index (χ1n) is 6.78. The van der Waals surface area contributed by atoms with E-state index in [1.165, 1.54) is 15.6 Å². The minimum atomic E-state index is 0.0681. The van der Waals surface area contributed by atoms with Gasteiger partial charge >= 0.3 is 0 Å². The molecular formula is C17H13N3S. The second-order valence-corrected chi connectivity index (χ2v) is 5.82. The van der Waals surface area contributed by atoms with E-state index in [1.54, 1.807) is 11.3 Å². The second kappa shape index (κ2) is 5.14. The van der Waals surface area contributed by atoms with Crippen molar-refractivity contribution in [2.75, 3.05) is 0 Å². The molecule has 102 valence electrons. The highest BCUT2D eigenvalue weighted by molar-refractivity contribution is 7.10. The number of nitrogens with zero attached hydrogens (tertiary/aromatic N) is 3. The Kier molecular flexibility index (Phi) is 3.01. The molecule has 3 aromatic heterocycles. The summed E-state index contributed by atoms with van der Waals surface area (Å²) in [6, 6.07) is 14.7. The van der Waals surface area contributed by atoms with Crippen molar-refractivity contribution < 1.29 is 0 Å². The van der Waals surface area contributed by atoms with Crippen LogP contribution < -0.4 is 0 Å². The molecule has 1 aromatic carbocycles. The minimum absolute atomic E-state index is 0.0681. The lowest BCUT2D eigenvalue weighted by Crippen LogP contribution is -2.11. The monoisotopic (exact) mass is 291 g/mol. The molecule has 3 nitrogen and oxygen atoms in total. The molecule has 0 spiro atoms. The highest BCUT2D eigenvalue weighted by Gasteiger charge is 2.20. The third-order valence-electron chi connectivity index (χ3n) is 3.60. The third-order valence-corrected chi connectivity index (χ3v) is 4.52. The summed E-state index contributed by atoms with van der Waals surface area (Å²) < 4.78 is 2.11. The normalized spacial score (nSPS) is 12.6. The van der Waals surface area contributed by atoms with Crippen LogP contribution in [0, 0.1) is 0 Å². The molecule has 0 fully saturated rings. The summed E-state index contributed by atoms with van der Waals surface area (Å²) in [5.41, 5.74) is 1.06. The van der Waals surface area contributed by atoms with Gasteiger partial charge in [-0.2, -0.15) is 0 Å². The van der Waals surface area contributed by atoms with Crippen LogP contribution in [0.4, 0.5) is 0 Å². The predicted molar refractivity (Wildman–Crippen MR) is 85.5 cm³/mol. The van der Waals surface area contributed by atoms with Crippen molar-refractivity contribution in [2.45, 2.75) is 6.04 Å². The van der Waals surface area contributed by atoms with Gasteiger partial charge in [0.05, 0.1) is 12.0 Å². The van der Waals surface area contributed by atoms with Gasteiger partial charge in [-0.15, -0.1) is 11.3 Å². The van der Waals surface area contributed by atoms with Crippen LogP contribution in [-0.2, 0) is 0 Å². The van der Waals surface area contributed by atoms with Crippen LogP contribution in [0.2, 0.25) is 0 Å². The van der Waals surface area contributed by atoms with Gasteiger partial charge in [-0.1, -0.05) is 30.3 Å². The minimum Gasteiger partial charge on any atom is -0.323 e. The molecule has 1 atom stereocenters. The lowest BCUT2D eigenvalue weighted by atomic mass is 10.0. The summed E-state index contributed by atoms with van der Waals surface area (Å²) in [6.07, 6.45) is 7.54. The van der Waals surface area contributed by atoms with Crippen LogP contribution in [0.25, 0.3) is 10.8 Å². The maximum Gasteiger partial charge on any atom is 0.112 e. The van der Waals surface area contributed by atoms with E-state index < -0.39 is 0 Å². The maximum atomic E-state index is 4.68. The molecule has 0 aliphatic rings. The van der Waals surface area contributed by atoms with Crippen molar-refractivity contribution in [2.24, 2.45) is 0 Å². The number of imidazole rings is 1. The Morgan fingerprint density at radius 3 is 2.76 bits per heavy atom. The Labute approximate surface area is 126 Å². The molecule has 4 rings (SSSR count). The fourth-order valence-corrected chi connectivity index (χ4v) is 3.49. The topological polar surface area (TPSA) is 30.7 Å². The molecule has 0 radical (unpaired) electrons. The average molecular weight is 291 g/mol. The standard InChI is InChI=1S/C17H13N3S/c1-2-5-14-13(4-1)7-8-19-16(14)17(15-6-3-11-21-15)20-10-9-18-12-20/h1-12,17H. The molecule has 0 amide bonds. The number of benzene rings is 1. The van der Waals surface area contributed by atoms with Crippen molar-refractivity contribution >= 4 is 22.1 Å². The number of hydrogen-bond donors (Lipinski definition) is 0. The average Bonchev–Trinajstić information content (AvgIpc) is 3.22. The van der Waals surface area contributed by atoms with Crippen LogP contribution >= 0.6 is 11.3 Å². The van der Waals surface area contributed by atoms with Gasteiger partial charge in [0.1, 0.15) is 6.04 Å². The zero-order valence-corrected chi connectivity index (χ0v) is 12.1. The number of aromatic nitrogens is 3. The van der Waals surface area contributed by atoms with E-state index >= 15 is 0 Å². The number of hydrogen-bond acceptors (Lipinski definition) is 3. The Morgan fingerprint density at radius 1 is 1.00 bits per heavy atom. The van der Waals surface area contributed by atoms with E-state index in [9.17, 15) is 0 Å². The van der Waals surface area contributed by atoms with E-state index in [0.717, 1.165) is 5.69 Å². The van der Waals surface area contributed by atoms with Crippen molar-refractivity contribution in [1.29, 1.82) is 0 Å². The second-order valence-electron chi connectivity index (χ2n) is 4.85. The van der Waals surface area contributed by atoms with E-state index in [1.807, 2.05) is 24.9 Å². The summed E-state index contributed by atoms with van der Waals surface area (Å²) >= 11 is 1.74. The van der Waals surface area contributed by atoms with Gasteiger partial charge in [0.2, 0.25) is 0 Å². The predicted octanol–water partition coefficient (Wildman–Crippen LogP) is 4.13. The van der Waals surface area contributed by atoms with E-state index in [0.29, 0.717) is 0 Å². The van der Waals surface area contributed by atoms with Crippen molar-refractivity contribution in [3.05, 3.63) is 83.3 Å². The van der Waals surface area contributed by atoms with E-state index in [-0.39, 0.29) is 6.04 Å². The van der Waals surface area contributed by atoms with Gasteiger partial charge in [0.15, 0.2) is 0 Å².